The molecule has 0 unspecified atom stereocenters. The predicted molar refractivity (Wildman–Crippen MR) is 93.5 cm³/mol. The summed E-state index contributed by atoms with van der Waals surface area (Å²) in [6, 6.07) is 8.00. The van der Waals surface area contributed by atoms with Crippen molar-refractivity contribution in [2.75, 3.05) is 20.1 Å². The molecule has 0 bridgehead atoms. The van der Waals surface area contributed by atoms with E-state index in [1.807, 2.05) is 36.2 Å². The number of rotatable bonds is 5. The molecule has 1 aliphatic heterocycles. The number of benzene rings is 1. The van der Waals surface area contributed by atoms with Crippen molar-refractivity contribution < 1.29 is 9.59 Å². The smallest absolute Gasteiger partial charge is 0.228 e. The molecule has 2 aliphatic rings. The highest BCUT2D eigenvalue weighted by Crippen LogP contribution is 2.32. The largest absolute Gasteiger partial charge is 0.342 e. The number of para-hydroxylation sites is 1. The molecule has 2 aromatic rings. The first-order chi connectivity index (χ1) is 11.6. The Morgan fingerprint density at radius 3 is 2.92 bits per heavy atom. The molecule has 126 valence electrons. The molecule has 0 radical (unpaired) electrons. The van der Waals surface area contributed by atoms with Gasteiger partial charge in [0.25, 0.3) is 0 Å². The fourth-order valence-electron chi connectivity index (χ4n) is 3.31. The minimum atomic E-state index is -0.198. The van der Waals surface area contributed by atoms with Crippen LogP contribution in [0.4, 0.5) is 0 Å². The molecule has 2 fully saturated rings. The van der Waals surface area contributed by atoms with Crippen LogP contribution in [0.2, 0.25) is 0 Å². The lowest BCUT2D eigenvalue weighted by Gasteiger charge is -2.20. The summed E-state index contributed by atoms with van der Waals surface area (Å²) in [5.74, 6) is 0.661. The maximum Gasteiger partial charge on any atom is 0.228 e. The van der Waals surface area contributed by atoms with Crippen molar-refractivity contribution in [2.24, 2.45) is 11.8 Å². The van der Waals surface area contributed by atoms with Gasteiger partial charge in [-0.25, -0.2) is 4.98 Å². The van der Waals surface area contributed by atoms with E-state index < -0.39 is 0 Å². The van der Waals surface area contributed by atoms with Gasteiger partial charge in [0, 0.05) is 26.6 Å². The van der Waals surface area contributed by atoms with E-state index >= 15 is 0 Å². The Hall–Kier alpha value is -1.95. The van der Waals surface area contributed by atoms with Gasteiger partial charge in [-0.3, -0.25) is 9.59 Å². The second-order valence-electron chi connectivity index (χ2n) is 6.91. The van der Waals surface area contributed by atoms with Gasteiger partial charge >= 0.3 is 0 Å². The third-order valence-electron chi connectivity index (χ3n) is 4.83. The van der Waals surface area contributed by atoms with E-state index in [9.17, 15) is 9.59 Å². The number of carbonyl (C=O) groups excluding carboxylic acids is 2. The van der Waals surface area contributed by atoms with E-state index in [1.54, 1.807) is 16.2 Å². The Morgan fingerprint density at radius 1 is 1.38 bits per heavy atom. The van der Waals surface area contributed by atoms with Crippen LogP contribution in [-0.2, 0) is 16.1 Å². The zero-order chi connectivity index (χ0) is 16.7. The molecule has 1 aromatic carbocycles. The second-order valence-corrected chi connectivity index (χ2v) is 8.03. The Morgan fingerprint density at radius 2 is 2.17 bits per heavy atom. The number of fused-ring (bicyclic) bond motifs is 1. The molecule has 0 N–H and O–H groups in total. The fraction of sp³-hybridized carbons (Fsp3) is 0.500. The molecule has 4 rings (SSSR count). The first kappa shape index (κ1) is 15.6. The van der Waals surface area contributed by atoms with Gasteiger partial charge in [0.15, 0.2) is 0 Å². The molecule has 24 heavy (non-hydrogen) atoms. The Bertz CT molecular complexity index is 750. The maximum atomic E-state index is 12.7. The zero-order valence-electron chi connectivity index (χ0n) is 13.8. The Labute approximate surface area is 145 Å². The second kappa shape index (κ2) is 6.16. The number of thiazole rings is 1. The molecule has 1 saturated carbocycles. The van der Waals surface area contributed by atoms with Gasteiger partial charge in [-0.05, 0) is 30.9 Å². The summed E-state index contributed by atoms with van der Waals surface area (Å²) < 4.78 is 1.14. The third kappa shape index (κ3) is 3.15. The van der Waals surface area contributed by atoms with E-state index in [2.05, 4.69) is 4.98 Å². The first-order valence-corrected chi connectivity index (χ1v) is 9.29. The Kier molecular flexibility index (Phi) is 4.00. The minimum Gasteiger partial charge on any atom is -0.342 e. The lowest BCUT2D eigenvalue weighted by Crippen LogP contribution is -2.34. The molecule has 5 nitrogen and oxygen atoms in total. The van der Waals surface area contributed by atoms with Crippen molar-refractivity contribution in [3.8, 4) is 0 Å². The topological polar surface area (TPSA) is 53.5 Å². The van der Waals surface area contributed by atoms with Crippen LogP contribution < -0.4 is 0 Å². The third-order valence-corrected chi connectivity index (χ3v) is 5.85. The summed E-state index contributed by atoms with van der Waals surface area (Å²) in [5, 5.41) is 0.936. The van der Waals surface area contributed by atoms with Crippen LogP contribution in [-0.4, -0.2) is 46.7 Å². The number of nitrogens with zero attached hydrogens (tertiary/aromatic N) is 3. The van der Waals surface area contributed by atoms with Crippen molar-refractivity contribution in [1.82, 2.24) is 14.8 Å². The lowest BCUT2D eigenvalue weighted by molar-refractivity contribution is -0.135. The van der Waals surface area contributed by atoms with E-state index in [-0.39, 0.29) is 17.7 Å². The van der Waals surface area contributed by atoms with Gasteiger partial charge in [0.05, 0.1) is 22.7 Å². The van der Waals surface area contributed by atoms with Crippen molar-refractivity contribution in [3.63, 3.8) is 0 Å². The van der Waals surface area contributed by atoms with Crippen LogP contribution in [0.1, 0.15) is 24.3 Å². The van der Waals surface area contributed by atoms with E-state index in [0.29, 0.717) is 25.4 Å². The van der Waals surface area contributed by atoms with Crippen LogP contribution in [0.5, 0.6) is 0 Å². The molecule has 2 amide bonds. The van der Waals surface area contributed by atoms with Gasteiger partial charge in [-0.1, -0.05) is 12.1 Å². The normalized spacial score (nSPS) is 20.8. The highest BCUT2D eigenvalue weighted by atomic mass is 32.1. The number of carbonyl (C=O) groups is 2. The quantitative estimate of drug-likeness (QED) is 0.838. The number of hydrogen-bond acceptors (Lipinski definition) is 4. The predicted octanol–water partition coefficient (Wildman–Crippen LogP) is 2.51. The summed E-state index contributed by atoms with van der Waals surface area (Å²) in [6.07, 6.45) is 2.80. The number of aromatic nitrogens is 1. The summed E-state index contributed by atoms with van der Waals surface area (Å²) in [5.41, 5.74) is 0.977. The number of amides is 2. The summed E-state index contributed by atoms with van der Waals surface area (Å²) in [7, 11) is 1.81. The maximum absolute atomic E-state index is 12.7. The van der Waals surface area contributed by atoms with Gasteiger partial charge in [0.1, 0.15) is 5.01 Å². The average Bonchev–Trinajstić information content (AvgIpc) is 3.17. The molecule has 1 atom stereocenters. The summed E-state index contributed by atoms with van der Waals surface area (Å²) in [6.45, 7) is 1.92. The highest BCUT2D eigenvalue weighted by molar-refractivity contribution is 7.18. The van der Waals surface area contributed by atoms with Crippen LogP contribution >= 0.6 is 11.3 Å². The van der Waals surface area contributed by atoms with Crippen molar-refractivity contribution >= 4 is 33.4 Å². The minimum absolute atomic E-state index is 0.0564. The van der Waals surface area contributed by atoms with Crippen LogP contribution in [0.15, 0.2) is 24.3 Å². The highest BCUT2D eigenvalue weighted by Gasteiger charge is 2.38. The van der Waals surface area contributed by atoms with Gasteiger partial charge in [-0.15, -0.1) is 11.3 Å². The van der Waals surface area contributed by atoms with Crippen molar-refractivity contribution in [2.45, 2.75) is 25.8 Å². The van der Waals surface area contributed by atoms with Gasteiger partial charge in [-0.2, -0.15) is 0 Å². The molecular formula is C18H21N3O2S. The Balaban J connectivity index is 1.39. The number of hydrogen-bond donors (Lipinski definition) is 0. The summed E-state index contributed by atoms with van der Waals surface area (Å²) >= 11 is 1.62. The monoisotopic (exact) mass is 343 g/mol. The van der Waals surface area contributed by atoms with Crippen molar-refractivity contribution in [3.05, 3.63) is 29.3 Å². The first-order valence-electron chi connectivity index (χ1n) is 8.47. The van der Waals surface area contributed by atoms with Crippen LogP contribution in [0.3, 0.4) is 0 Å². The van der Waals surface area contributed by atoms with E-state index in [0.717, 1.165) is 21.8 Å². The molecule has 1 saturated heterocycles. The van der Waals surface area contributed by atoms with E-state index in [1.165, 1.54) is 12.8 Å². The standard InChI is InChI=1S/C18H21N3O2S/c1-20(11-16-19-14-4-2-3-5-15(14)24-16)18(23)13-8-17(22)21(10-13)9-12-6-7-12/h2-5,12-13H,6-11H2,1H3/t13-/m0/s1. The molecule has 1 aromatic heterocycles. The van der Waals surface area contributed by atoms with Gasteiger partial charge in [0.2, 0.25) is 11.8 Å². The molecule has 0 spiro atoms. The molecule has 1 aliphatic carbocycles. The lowest BCUT2D eigenvalue weighted by atomic mass is 10.1. The fourth-order valence-corrected chi connectivity index (χ4v) is 4.33. The van der Waals surface area contributed by atoms with Crippen LogP contribution in [0, 0.1) is 11.8 Å². The van der Waals surface area contributed by atoms with Crippen molar-refractivity contribution in [1.29, 1.82) is 0 Å². The molecule has 2 heterocycles. The van der Waals surface area contributed by atoms with E-state index in [4.69, 9.17) is 0 Å². The van der Waals surface area contributed by atoms with Crippen LogP contribution in [0.25, 0.3) is 10.2 Å². The zero-order valence-corrected chi connectivity index (χ0v) is 14.6. The SMILES string of the molecule is CN(Cc1nc2ccccc2s1)C(=O)[C@H]1CC(=O)N(CC2CC2)C1. The molecular weight excluding hydrogens is 322 g/mol. The molecule has 6 heteroatoms. The summed E-state index contributed by atoms with van der Waals surface area (Å²) in [4.78, 5) is 33.0. The average molecular weight is 343 g/mol. The van der Waals surface area contributed by atoms with Gasteiger partial charge < -0.3 is 9.80 Å². The number of likely N-dealkylation sites (tertiary alicyclic amines) is 1.